The van der Waals surface area contributed by atoms with E-state index in [2.05, 4.69) is 22.4 Å². The molecule has 1 aliphatic rings. The summed E-state index contributed by atoms with van der Waals surface area (Å²) in [6, 6.07) is 15.5. The zero-order valence-electron chi connectivity index (χ0n) is 16.4. The Morgan fingerprint density at radius 1 is 1.28 bits per heavy atom. The van der Waals surface area contributed by atoms with Crippen molar-refractivity contribution >= 4 is 35.1 Å². The zero-order chi connectivity index (χ0) is 20.8. The highest BCUT2D eigenvalue weighted by atomic mass is 35.5. The summed E-state index contributed by atoms with van der Waals surface area (Å²) in [7, 11) is 0. The highest BCUT2D eigenvalue weighted by Gasteiger charge is 2.29. The quantitative estimate of drug-likeness (QED) is 0.511. The van der Waals surface area contributed by atoms with Crippen molar-refractivity contribution in [3.63, 3.8) is 0 Å². The van der Waals surface area contributed by atoms with E-state index in [1.54, 1.807) is 12.1 Å². The lowest BCUT2D eigenvalue weighted by atomic mass is 10.1. The predicted octanol–water partition coefficient (Wildman–Crippen LogP) is 4.05. The summed E-state index contributed by atoms with van der Waals surface area (Å²) in [5, 5.41) is 4.33. The molecule has 2 unspecified atom stereocenters. The number of benzene rings is 2. The molecule has 1 fully saturated rings. The Balaban J connectivity index is 1.48. The number of carbonyl (C=O) groups is 1. The Hall–Kier alpha value is -2.24. The topological polar surface area (TPSA) is 70.7 Å². The Kier molecular flexibility index (Phi) is 7.40. The second kappa shape index (κ2) is 9.99. The average Bonchev–Trinajstić information content (AvgIpc) is 3.05. The number of carbonyl (C=O) groups excluding carboxylic acids is 1. The molecule has 0 radical (unpaired) electrons. The fourth-order valence-electron chi connectivity index (χ4n) is 3.53. The lowest BCUT2D eigenvalue weighted by Gasteiger charge is -2.17. The van der Waals surface area contributed by atoms with E-state index in [0.717, 1.165) is 25.1 Å². The van der Waals surface area contributed by atoms with Crippen molar-refractivity contribution in [2.45, 2.75) is 25.8 Å². The van der Waals surface area contributed by atoms with Gasteiger partial charge in [0.1, 0.15) is 0 Å². The zero-order valence-corrected chi connectivity index (χ0v) is 18.0. The molecule has 0 spiro atoms. The van der Waals surface area contributed by atoms with Crippen molar-refractivity contribution in [1.82, 2.24) is 10.2 Å². The maximum absolute atomic E-state index is 12.3. The number of rotatable bonds is 7. The molecule has 1 amide bonds. The highest BCUT2D eigenvalue weighted by Crippen LogP contribution is 2.26. The molecule has 2 aromatic carbocycles. The highest BCUT2D eigenvalue weighted by molar-refractivity contribution is 6.35. The van der Waals surface area contributed by atoms with Gasteiger partial charge in [0.05, 0.1) is 6.04 Å². The molecule has 0 aromatic heterocycles. The number of amides is 1. The van der Waals surface area contributed by atoms with E-state index in [1.807, 2.05) is 36.1 Å². The minimum atomic E-state index is -0.101. The summed E-state index contributed by atoms with van der Waals surface area (Å²) in [6.45, 7) is 3.94. The van der Waals surface area contributed by atoms with E-state index in [9.17, 15) is 4.79 Å². The molecule has 5 nitrogen and oxygen atoms in total. The minimum Gasteiger partial charge on any atom is -0.370 e. The molecule has 0 saturated carbocycles. The first-order chi connectivity index (χ1) is 13.9. The van der Waals surface area contributed by atoms with Gasteiger partial charge in [0.15, 0.2) is 5.96 Å². The summed E-state index contributed by atoms with van der Waals surface area (Å²) >= 11 is 12.2. The molecule has 1 saturated heterocycles. The maximum Gasteiger partial charge on any atom is 0.223 e. The van der Waals surface area contributed by atoms with E-state index < -0.39 is 0 Å². The Bertz CT molecular complexity index is 872. The number of nitrogens with two attached hydrogens (primary N) is 1. The van der Waals surface area contributed by atoms with Gasteiger partial charge in [-0.15, -0.1) is 0 Å². The lowest BCUT2D eigenvalue weighted by molar-refractivity contribution is -0.127. The van der Waals surface area contributed by atoms with E-state index in [0.29, 0.717) is 29.0 Å². The minimum absolute atomic E-state index is 0.101. The van der Waals surface area contributed by atoms with E-state index >= 15 is 0 Å². The van der Waals surface area contributed by atoms with Crippen LogP contribution in [0.15, 0.2) is 53.5 Å². The van der Waals surface area contributed by atoms with Crippen LogP contribution in [0.5, 0.6) is 0 Å². The van der Waals surface area contributed by atoms with Crippen molar-refractivity contribution in [1.29, 1.82) is 0 Å². The molecule has 1 aliphatic heterocycles. The van der Waals surface area contributed by atoms with Gasteiger partial charge in [0, 0.05) is 42.0 Å². The molecule has 0 bridgehead atoms. The Morgan fingerprint density at radius 3 is 2.76 bits per heavy atom. The molecule has 3 N–H and O–H groups in total. The number of halogens is 2. The summed E-state index contributed by atoms with van der Waals surface area (Å²) in [4.78, 5) is 18.6. The number of hydrogen-bond acceptors (Lipinski definition) is 2. The normalized spacial score (nSPS) is 18.2. The largest absolute Gasteiger partial charge is 0.370 e. The third-order valence-corrected chi connectivity index (χ3v) is 5.68. The number of guanidine groups is 1. The maximum atomic E-state index is 12.3. The molecular formula is C22H26Cl2N4O. The molecule has 7 heteroatoms. The van der Waals surface area contributed by atoms with Gasteiger partial charge in [-0.3, -0.25) is 9.79 Å². The van der Waals surface area contributed by atoms with Crippen LogP contribution in [0.25, 0.3) is 0 Å². The Morgan fingerprint density at radius 2 is 2.03 bits per heavy atom. The standard InChI is InChI=1S/C22H26Cl2N4O/c1-15(19-8-7-18(23)12-20(19)24)27-22(25)26-13-17-11-21(29)28(14-17)10-9-16-5-3-2-4-6-16/h2-8,12,15,17H,9-11,13-14H2,1H3,(H3,25,26,27). The molecule has 2 atom stereocenters. The van der Waals surface area contributed by atoms with E-state index in [1.165, 1.54) is 5.56 Å². The molecule has 154 valence electrons. The van der Waals surface area contributed by atoms with Gasteiger partial charge in [0.2, 0.25) is 5.91 Å². The van der Waals surface area contributed by atoms with Crippen molar-refractivity contribution in [2.24, 2.45) is 16.6 Å². The smallest absolute Gasteiger partial charge is 0.223 e. The molecular weight excluding hydrogens is 407 g/mol. The predicted molar refractivity (Wildman–Crippen MR) is 119 cm³/mol. The van der Waals surface area contributed by atoms with Crippen LogP contribution >= 0.6 is 23.2 Å². The number of likely N-dealkylation sites (tertiary alicyclic amines) is 1. The second-order valence-corrected chi connectivity index (χ2v) is 8.25. The van der Waals surface area contributed by atoms with Crippen LogP contribution in [0.4, 0.5) is 0 Å². The average molecular weight is 433 g/mol. The summed E-state index contributed by atoms with van der Waals surface area (Å²) in [6.07, 6.45) is 1.38. The molecule has 29 heavy (non-hydrogen) atoms. The van der Waals surface area contributed by atoms with Crippen molar-refractivity contribution < 1.29 is 4.79 Å². The van der Waals surface area contributed by atoms with Crippen LogP contribution in [0, 0.1) is 5.92 Å². The first-order valence-electron chi connectivity index (χ1n) is 9.75. The van der Waals surface area contributed by atoms with Crippen LogP contribution in [0.2, 0.25) is 10.0 Å². The lowest BCUT2D eigenvalue weighted by Crippen LogP contribution is -2.34. The first kappa shape index (κ1) is 21.5. The van der Waals surface area contributed by atoms with Gasteiger partial charge in [-0.05, 0) is 36.6 Å². The van der Waals surface area contributed by atoms with Gasteiger partial charge in [-0.2, -0.15) is 0 Å². The van der Waals surface area contributed by atoms with Crippen molar-refractivity contribution in [3.05, 3.63) is 69.7 Å². The number of nitrogens with one attached hydrogen (secondary N) is 1. The van der Waals surface area contributed by atoms with Gasteiger partial charge < -0.3 is 16.0 Å². The van der Waals surface area contributed by atoms with Crippen molar-refractivity contribution in [3.8, 4) is 0 Å². The number of nitrogens with zero attached hydrogens (tertiary/aromatic N) is 2. The van der Waals surface area contributed by atoms with Crippen LogP contribution in [0.1, 0.15) is 30.5 Å². The van der Waals surface area contributed by atoms with Gasteiger partial charge >= 0.3 is 0 Å². The monoisotopic (exact) mass is 432 g/mol. The molecule has 0 aliphatic carbocycles. The first-order valence-corrected chi connectivity index (χ1v) is 10.5. The summed E-state index contributed by atoms with van der Waals surface area (Å²) in [5.41, 5.74) is 8.19. The van der Waals surface area contributed by atoms with Crippen LogP contribution < -0.4 is 11.1 Å². The molecule has 3 rings (SSSR count). The van der Waals surface area contributed by atoms with Gasteiger partial charge in [0.25, 0.3) is 0 Å². The third kappa shape index (κ3) is 6.12. The fourth-order valence-corrected chi connectivity index (χ4v) is 4.10. The number of aliphatic imine (C=N–C) groups is 1. The number of hydrogen-bond donors (Lipinski definition) is 2. The molecule has 2 aromatic rings. The van der Waals surface area contributed by atoms with Crippen LogP contribution in [-0.4, -0.2) is 36.4 Å². The second-order valence-electron chi connectivity index (χ2n) is 7.40. The van der Waals surface area contributed by atoms with Gasteiger partial charge in [-0.1, -0.05) is 59.6 Å². The molecule has 1 heterocycles. The van der Waals surface area contributed by atoms with Crippen LogP contribution in [0.3, 0.4) is 0 Å². The summed E-state index contributed by atoms with van der Waals surface area (Å²) in [5.74, 6) is 0.723. The Labute approximate surface area is 181 Å². The fraction of sp³-hybridized carbons (Fsp3) is 0.364. The van der Waals surface area contributed by atoms with Gasteiger partial charge in [-0.25, -0.2) is 0 Å². The van der Waals surface area contributed by atoms with Crippen molar-refractivity contribution in [2.75, 3.05) is 19.6 Å². The van der Waals surface area contributed by atoms with E-state index in [-0.39, 0.29) is 17.9 Å². The third-order valence-electron chi connectivity index (χ3n) is 5.12. The van der Waals surface area contributed by atoms with E-state index in [4.69, 9.17) is 28.9 Å². The van der Waals surface area contributed by atoms with Crippen LogP contribution in [-0.2, 0) is 11.2 Å². The summed E-state index contributed by atoms with van der Waals surface area (Å²) < 4.78 is 0. The SMILES string of the molecule is CC(NC(N)=NCC1CC(=O)N(CCc2ccccc2)C1)c1ccc(Cl)cc1Cl.